The van der Waals surface area contributed by atoms with E-state index in [0.29, 0.717) is 0 Å². The third-order valence-electron chi connectivity index (χ3n) is 3.10. The molecule has 0 amide bonds. The van der Waals surface area contributed by atoms with Crippen LogP contribution < -0.4 is 0 Å². The first kappa shape index (κ1) is 15.5. The molecule has 1 aromatic heterocycles. The normalized spacial score (nSPS) is 13.3. The minimum atomic E-state index is -0.279. The molecule has 1 nitrogen and oxygen atoms in total. The lowest BCUT2D eigenvalue weighted by atomic mass is 10.1. The average Bonchev–Trinajstić information content (AvgIpc) is 2.77. The number of aliphatic hydroxyl groups is 1. The summed E-state index contributed by atoms with van der Waals surface area (Å²) >= 11 is 1.77. The molecule has 1 rings (SSSR count). The fraction of sp³-hybridized carbons (Fsp3) is 0.625. The molecular formula is C16H26OS. The topological polar surface area (TPSA) is 20.2 Å². The van der Waals surface area contributed by atoms with E-state index in [2.05, 4.69) is 26.0 Å². The second-order valence-electron chi connectivity index (χ2n) is 4.93. The lowest BCUT2D eigenvalue weighted by Crippen LogP contribution is -2.01. The van der Waals surface area contributed by atoms with Crippen molar-refractivity contribution in [3.05, 3.63) is 28.0 Å². The van der Waals surface area contributed by atoms with Crippen LogP contribution in [0.15, 0.2) is 18.2 Å². The second kappa shape index (κ2) is 9.35. The quantitative estimate of drug-likeness (QED) is 0.610. The van der Waals surface area contributed by atoms with Gasteiger partial charge in [0, 0.05) is 9.75 Å². The van der Waals surface area contributed by atoms with Gasteiger partial charge in [0.1, 0.15) is 0 Å². The Morgan fingerprint density at radius 3 is 2.56 bits per heavy atom. The van der Waals surface area contributed by atoms with Gasteiger partial charge in [0.15, 0.2) is 0 Å². The summed E-state index contributed by atoms with van der Waals surface area (Å²) in [5.74, 6) is 0. The minimum absolute atomic E-state index is 0.279. The Kier molecular flexibility index (Phi) is 8.03. The van der Waals surface area contributed by atoms with Crippen LogP contribution in [-0.4, -0.2) is 11.2 Å². The molecule has 2 heteroatoms. The Bertz CT molecular complexity index is 341. The lowest BCUT2D eigenvalue weighted by molar-refractivity contribution is 0.209. The molecule has 0 aromatic carbocycles. The van der Waals surface area contributed by atoms with Crippen LogP contribution in [0.2, 0.25) is 0 Å². The van der Waals surface area contributed by atoms with Crippen molar-refractivity contribution in [1.29, 1.82) is 0 Å². The molecule has 1 atom stereocenters. The first-order valence-electron chi connectivity index (χ1n) is 7.15. The van der Waals surface area contributed by atoms with Crippen LogP contribution in [0.25, 0.3) is 6.08 Å². The predicted octanol–water partition coefficient (Wildman–Crippen LogP) is 5.18. The molecule has 18 heavy (non-hydrogen) atoms. The zero-order chi connectivity index (χ0) is 13.2. The first-order valence-corrected chi connectivity index (χ1v) is 7.96. The minimum Gasteiger partial charge on any atom is -0.389 e. The number of aliphatic hydroxyl groups excluding tert-OH is 1. The van der Waals surface area contributed by atoms with Crippen molar-refractivity contribution in [2.45, 2.75) is 64.9 Å². The molecule has 0 spiro atoms. The van der Waals surface area contributed by atoms with Crippen molar-refractivity contribution in [1.82, 2.24) is 0 Å². The van der Waals surface area contributed by atoms with Gasteiger partial charge in [-0.05, 0) is 31.6 Å². The van der Waals surface area contributed by atoms with Crippen LogP contribution in [-0.2, 0) is 0 Å². The summed E-state index contributed by atoms with van der Waals surface area (Å²) in [6.07, 6.45) is 12.3. The highest BCUT2D eigenvalue weighted by Crippen LogP contribution is 2.17. The number of rotatable bonds is 9. The van der Waals surface area contributed by atoms with E-state index in [4.69, 9.17) is 0 Å². The van der Waals surface area contributed by atoms with Gasteiger partial charge in [0.25, 0.3) is 0 Å². The SMILES string of the molecule is CCCCCCCCC(O)/C=C/c1ccc(C)s1. The maximum Gasteiger partial charge on any atom is 0.0724 e. The molecule has 0 aliphatic rings. The second-order valence-corrected chi connectivity index (χ2v) is 6.25. The highest BCUT2D eigenvalue weighted by molar-refractivity contribution is 7.12. The smallest absolute Gasteiger partial charge is 0.0724 e. The summed E-state index contributed by atoms with van der Waals surface area (Å²) in [6, 6.07) is 4.22. The monoisotopic (exact) mass is 266 g/mol. The van der Waals surface area contributed by atoms with E-state index in [1.165, 1.54) is 41.9 Å². The van der Waals surface area contributed by atoms with E-state index in [-0.39, 0.29) is 6.10 Å². The summed E-state index contributed by atoms with van der Waals surface area (Å²) < 4.78 is 0. The van der Waals surface area contributed by atoms with Crippen LogP contribution in [0.1, 0.15) is 61.6 Å². The van der Waals surface area contributed by atoms with Gasteiger partial charge >= 0.3 is 0 Å². The highest BCUT2D eigenvalue weighted by Gasteiger charge is 1.99. The fourth-order valence-electron chi connectivity index (χ4n) is 1.98. The first-order chi connectivity index (χ1) is 8.72. The van der Waals surface area contributed by atoms with Gasteiger partial charge in [-0.1, -0.05) is 51.5 Å². The maximum atomic E-state index is 9.84. The van der Waals surface area contributed by atoms with E-state index in [0.717, 1.165) is 12.8 Å². The standard InChI is InChI=1S/C16H26OS/c1-3-4-5-6-7-8-9-15(17)11-13-16-12-10-14(2)18-16/h10-13,15,17H,3-9H2,1-2H3/b13-11+. The number of hydrogen-bond donors (Lipinski definition) is 1. The van der Waals surface area contributed by atoms with Gasteiger partial charge < -0.3 is 5.11 Å². The molecule has 0 radical (unpaired) electrons. The average molecular weight is 266 g/mol. The third kappa shape index (κ3) is 6.97. The van der Waals surface area contributed by atoms with Crippen LogP contribution in [0.5, 0.6) is 0 Å². The summed E-state index contributed by atoms with van der Waals surface area (Å²) in [5, 5.41) is 9.84. The van der Waals surface area contributed by atoms with E-state index < -0.39 is 0 Å². The Hall–Kier alpha value is -0.600. The molecule has 1 N–H and O–H groups in total. The molecule has 1 heterocycles. The molecule has 0 aliphatic carbocycles. The van der Waals surface area contributed by atoms with Crippen molar-refractivity contribution in [2.75, 3.05) is 0 Å². The number of unbranched alkanes of at least 4 members (excludes halogenated alkanes) is 5. The molecular weight excluding hydrogens is 240 g/mol. The lowest BCUT2D eigenvalue weighted by Gasteiger charge is -2.05. The van der Waals surface area contributed by atoms with Crippen molar-refractivity contribution in [3.8, 4) is 0 Å². The van der Waals surface area contributed by atoms with Gasteiger partial charge in [-0.15, -0.1) is 11.3 Å². The summed E-state index contributed by atoms with van der Waals surface area (Å²) in [4.78, 5) is 2.55. The maximum absolute atomic E-state index is 9.84. The molecule has 102 valence electrons. The van der Waals surface area contributed by atoms with Crippen LogP contribution in [0.3, 0.4) is 0 Å². The largest absolute Gasteiger partial charge is 0.389 e. The molecule has 0 saturated heterocycles. The zero-order valence-corrected chi connectivity index (χ0v) is 12.5. The van der Waals surface area contributed by atoms with E-state index in [1.54, 1.807) is 11.3 Å². The molecule has 1 aromatic rings. The Morgan fingerprint density at radius 1 is 1.17 bits per heavy atom. The van der Waals surface area contributed by atoms with E-state index in [1.807, 2.05) is 12.2 Å². The van der Waals surface area contributed by atoms with Gasteiger partial charge in [-0.3, -0.25) is 0 Å². The fourth-order valence-corrected chi connectivity index (χ4v) is 2.77. The van der Waals surface area contributed by atoms with Gasteiger partial charge in [-0.25, -0.2) is 0 Å². The van der Waals surface area contributed by atoms with E-state index >= 15 is 0 Å². The number of aryl methyl sites for hydroxylation is 1. The molecule has 0 fully saturated rings. The predicted molar refractivity (Wildman–Crippen MR) is 82.1 cm³/mol. The Labute approximate surface area is 116 Å². The number of hydrogen-bond acceptors (Lipinski definition) is 2. The van der Waals surface area contributed by atoms with E-state index in [9.17, 15) is 5.11 Å². The third-order valence-corrected chi connectivity index (χ3v) is 4.06. The van der Waals surface area contributed by atoms with Gasteiger partial charge in [0.05, 0.1) is 6.10 Å². The Balaban J connectivity index is 2.10. The molecule has 0 saturated carbocycles. The summed E-state index contributed by atoms with van der Waals surface area (Å²) in [6.45, 7) is 4.34. The molecule has 0 bridgehead atoms. The van der Waals surface area contributed by atoms with Crippen LogP contribution in [0, 0.1) is 6.92 Å². The highest BCUT2D eigenvalue weighted by atomic mass is 32.1. The summed E-state index contributed by atoms with van der Waals surface area (Å²) in [5.41, 5.74) is 0. The van der Waals surface area contributed by atoms with Crippen LogP contribution >= 0.6 is 11.3 Å². The van der Waals surface area contributed by atoms with Crippen molar-refractivity contribution >= 4 is 17.4 Å². The van der Waals surface area contributed by atoms with Gasteiger partial charge in [-0.2, -0.15) is 0 Å². The van der Waals surface area contributed by atoms with Crippen LogP contribution in [0.4, 0.5) is 0 Å². The zero-order valence-electron chi connectivity index (χ0n) is 11.7. The molecule has 1 unspecified atom stereocenters. The van der Waals surface area contributed by atoms with Crippen molar-refractivity contribution in [3.63, 3.8) is 0 Å². The van der Waals surface area contributed by atoms with Crippen molar-refractivity contribution < 1.29 is 5.11 Å². The van der Waals surface area contributed by atoms with Gasteiger partial charge in [0.2, 0.25) is 0 Å². The van der Waals surface area contributed by atoms with Crippen molar-refractivity contribution in [2.24, 2.45) is 0 Å². The Morgan fingerprint density at radius 2 is 1.89 bits per heavy atom. The molecule has 0 aliphatic heterocycles. The summed E-state index contributed by atoms with van der Waals surface area (Å²) in [7, 11) is 0. The number of thiophene rings is 1.